The molecule has 0 amide bonds. The molecular formula is C19H20O4. The Labute approximate surface area is 134 Å². The number of carbonyl (C=O) groups excluding carboxylic acids is 1. The summed E-state index contributed by atoms with van der Waals surface area (Å²) in [5.74, 6) is -0.0286. The Balaban J connectivity index is 1.82. The zero-order valence-electron chi connectivity index (χ0n) is 13.4. The molecule has 4 heteroatoms. The number of rotatable bonds is 1. The van der Waals surface area contributed by atoms with Gasteiger partial charge in [0.15, 0.2) is 0 Å². The molecule has 1 aromatic rings. The molecule has 3 aliphatic carbocycles. The highest BCUT2D eigenvalue weighted by Crippen LogP contribution is 2.67. The SMILES string of the molecule is Cc1cc(C(=O)O)c2c3c1C[C@@H]1[C@@H]4C[C@H](C)[C@@](CC2)(C(=O)O4)[C@H]31. The summed E-state index contributed by atoms with van der Waals surface area (Å²) >= 11 is 0. The Morgan fingerprint density at radius 1 is 1.39 bits per heavy atom. The summed E-state index contributed by atoms with van der Waals surface area (Å²) < 4.78 is 5.79. The lowest BCUT2D eigenvalue weighted by atomic mass is 9.50. The number of carboxylic acid groups (broad SMARTS) is 1. The second-order valence-corrected chi connectivity index (χ2v) is 7.88. The number of carboxylic acids is 1. The van der Waals surface area contributed by atoms with Gasteiger partial charge >= 0.3 is 11.9 Å². The van der Waals surface area contributed by atoms with Crippen LogP contribution in [0.1, 0.15) is 58.3 Å². The number of ether oxygens (including phenoxy) is 1. The van der Waals surface area contributed by atoms with Crippen LogP contribution in [0.3, 0.4) is 0 Å². The predicted molar refractivity (Wildman–Crippen MR) is 82.5 cm³/mol. The third kappa shape index (κ3) is 1.35. The number of fused-ring (bicyclic) bond motifs is 2. The monoisotopic (exact) mass is 312 g/mol. The molecule has 1 saturated carbocycles. The highest BCUT2D eigenvalue weighted by molar-refractivity contribution is 5.92. The van der Waals surface area contributed by atoms with Crippen LogP contribution in [0.15, 0.2) is 6.07 Å². The Kier molecular flexibility index (Phi) is 2.35. The molecule has 5 atom stereocenters. The quantitative estimate of drug-likeness (QED) is 0.810. The van der Waals surface area contributed by atoms with E-state index in [0.717, 1.165) is 30.4 Å². The van der Waals surface area contributed by atoms with Crippen LogP contribution in [-0.4, -0.2) is 23.1 Å². The van der Waals surface area contributed by atoms with Crippen LogP contribution < -0.4 is 0 Å². The molecule has 4 nitrogen and oxygen atoms in total. The van der Waals surface area contributed by atoms with Crippen LogP contribution in [0.2, 0.25) is 0 Å². The first-order valence-electron chi connectivity index (χ1n) is 8.54. The Hall–Kier alpha value is -1.84. The minimum atomic E-state index is -0.845. The van der Waals surface area contributed by atoms with Gasteiger partial charge in [0, 0.05) is 11.8 Å². The van der Waals surface area contributed by atoms with Crippen molar-refractivity contribution in [3.05, 3.63) is 33.9 Å². The molecule has 2 bridgehead atoms. The van der Waals surface area contributed by atoms with Gasteiger partial charge in [0.05, 0.1) is 11.0 Å². The molecule has 0 radical (unpaired) electrons. The number of aromatic carboxylic acids is 1. The van der Waals surface area contributed by atoms with E-state index < -0.39 is 11.4 Å². The van der Waals surface area contributed by atoms with Gasteiger partial charge in [0.1, 0.15) is 6.10 Å². The maximum absolute atomic E-state index is 12.8. The third-order valence-electron chi connectivity index (χ3n) is 7.15. The van der Waals surface area contributed by atoms with Crippen molar-refractivity contribution in [2.45, 2.75) is 51.6 Å². The Morgan fingerprint density at radius 2 is 2.17 bits per heavy atom. The van der Waals surface area contributed by atoms with Gasteiger partial charge in [-0.05, 0) is 66.8 Å². The minimum absolute atomic E-state index is 0.00963. The molecule has 1 spiro atoms. The van der Waals surface area contributed by atoms with Gasteiger partial charge in [0.2, 0.25) is 0 Å². The third-order valence-corrected chi connectivity index (χ3v) is 7.15. The molecule has 6 rings (SSSR count). The molecular weight excluding hydrogens is 292 g/mol. The van der Waals surface area contributed by atoms with E-state index in [9.17, 15) is 14.7 Å². The van der Waals surface area contributed by atoms with Crippen molar-refractivity contribution < 1.29 is 19.4 Å². The van der Waals surface area contributed by atoms with E-state index in [1.54, 1.807) is 0 Å². The summed E-state index contributed by atoms with van der Waals surface area (Å²) in [5, 5.41) is 9.61. The summed E-state index contributed by atoms with van der Waals surface area (Å²) in [6.45, 7) is 4.19. The van der Waals surface area contributed by atoms with Gasteiger partial charge in [0.25, 0.3) is 0 Å². The number of hydrogen-bond donors (Lipinski definition) is 1. The van der Waals surface area contributed by atoms with Gasteiger partial charge in [-0.3, -0.25) is 4.79 Å². The van der Waals surface area contributed by atoms with E-state index >= 15 is 0 Å². The molecule has 2 heterocycles. The van der Waals surface area contributed by atoms with E-state index in [4.69, 9.17) is 4.74 Å². The molecule has 3 fully saturated rings. The first kappa shape index (κ1) is 13.6. The zero-order chi connectivity index (χ0) is 16.1. The standard InChI is InChI=1S/C19H20O4/c1-8-5-12(17(20)21)10-3-4-19-9(2)6-14(23-18(19)22)13-7-11(8)15(10)16(13)19/h5,9,13-14,16H,3-4,6-7H2,1-2H3,(H,20,21)/t9-,13+,14-,16-,19+/m0/s1. The molecule has 2 saturated heterocycles. The Bertz CT molecular complexity index is 780. The first-order valence-corrected chi connectivity index (χ1v) is 8.54. The van der Waals surface area contributed by atoms with E-state index in [2.05, 4.69) is 6.92 Å². The van der Waals surface area contributed by atoms with Crippen LogP contribution in [0.4, 0.5) is 0 Å². The molecule has 120 valence electrons. The fraction of sp³-hybridized carbons (Fsp3) is 0.579. The smallest absolute Gasteiger partial charge is 0.335 e. The number of benzene rings is 1. The fourth-order valence-electron chi connectivity index (χ4n) is 6.18. The zero-order valence-corrected chi connectivity index (χ0v) is 13.4. The normalized spacial score (nSPS) is 39.1. The lowest BCUT2D eigenvalue weighted by Gasteiger charge is -2.58. The second-order valence-electron chi connectivity index (χ2n) is 7.88. The van der Waals surface area contributed by atoms with Crippen LogP contribution >= 0.6 is 0 Å². The van der Waals surface area contributed by atoms with Crippen molar-refractivity contribution in [2.75, 3.05) is 0 Å². The minimum Gasteiger partial charge on any atom is -0.478 e. The summed E-state index contributed by atoms with van der Waals surface area (Å²) in [7, 11) is 0. The lowest BCUT2D eigenvalue weighted by molar-refractivity contribution is -0.207. The van der Waals surface area contributed by atoms with Gasteiger partial charge in [-0.25, -0.2) is 4.79 Å². The molecule has 0 unspecified atom stereocenters. The number of hydrogen-bond acceptors (Lipinski definition) is 3. The molecule has 2 aliphatic heterocycles. The van der Waals surface area contributed by atoms with Crippen molar-refractivity contribution >= 4 is 11.9 Å². The van der Waals surface area contributed by atoms with Crippen molar-refractivity contribution in [3.63, 3.8) is 0 Å². The maximum atomic E-state index is 12.8. The van der Waals surface area contributed by atoms with Gasteiger partial charge in [-0.15, -0.1) is 0 Å². The van der Waals surface area contributed by atoms with Crippen molar-refractivity contribution in [3.8, 4) is 0 Å². The van der Waals surface area contributed by atoms with Crippen LogP contribution in [0.5, 0.6) is 0 Å². The van der Waals surface area contributed by atoms with E-state index in [1.165, 1.54) is 11.1 Å². The molecule has 0 aromatic heterocycles. The first-order chi connectivity index (χ1) is 10.9. The number of esters is 1. The van der Waals surface area contributed by atoms with Crippen molar-refractivity contribution in [1.82, 2.24) is 0 Å². The fourth-order valence-corrected chi connectivity index (χ4v) is 6.18. The van der Waals surface area contributed by atoms with E-state index in [0.29, 0.717) is 23.8 Å². The molecule has 23 heavy (non-hydrogen) atoms. The summed E-state index contributed by atoms with van der Waals surface area (Å²) in [6.07, 6.45) is 3.32. The summed E-state index contributed by atoms with van der Waals surface area (Å²) in [6, 6.07) is 1.83. The number of aryl methyl sites for hydroxylation is 1. The average Bonchev–Trinajstić information content (AvgIpc) is 2.91. The van der Waals surface area contributed by atoms with Crippen molar-refractivity contribution in [1.29, 1.82) is 0 Å². The maximum Gasteiger partial charge on any atom is 0.335 e. The van der Waals surface area contributed by atoms with Gasteiger partial charge in [-0.2, -0.15) is 0 Å². The van der Waals surface area contributed by atoms with Gasteiger partial charge < -0.3 is 9.84 Å². The van der Waals surface area contributed by atoms with Crippen molar-refractivity contribution in [2.24, 2.45) is 17.3 Å². The lowest BCUT2D eigenvalue weighted by Crippen LogP contribution is -2.61. The summed E-state index contributed by atoms with van der Waals surface area (Å²) in [5.41, 5.74) is 4.57. The summed E-state index contributed by atoms with van der Waals surface area (Å²) in [4.78, 5) is 24.5. The van der Waals surface area contributed by atoms with Crippen LogP contribution in [-0.2, 0) is 22.4 Å². The predicted octanol–water partition coefficient (Wildman–Crippen LogP) is 2.85. The largest absolute Gasteiger partial charge is 0.478 e. The molecule has 1 N–H and O–H groups in total. The highest BCUT2D eigenvalue weighted by atomic mass is 16.5. The second kappa shape index (κ2) is 3.97. The molecule has 1 aromatic carbocycles. The average molecular weight is 312 g/mol. The van der Waals surface area contributed by atoms with E-state index in [1.807, 2.05) is 13.0 Å². The molecule has 5 aliphatic rings. The van der Waals surface area contributed by atoms with Gasteiger partial charge in [-0.1, -0.05) is 6.92 Å². The number of carbonyl (C=O) groups is 2. The highest BCUT2D eigenvalue weighted by Gasteiger charge is 2.67. The topological polar surface area (TPSA) is 63.6 Å². The van der Waals surface area contributed by atoms with E-state index in [-0.39, 0.29) is 18.0 Å². The van der Waals surface area contributed by atoms with Crippen LogP contribution in [0.25, 0.3) is 0 Å². The van der Waals surface area contributed by atoms with Crippen LogP contribution in [0, 0.1) is 24.2 Å². The Morgan fingerprint density at radius 3 is 2.87 bits per heavy atom.